The van der Waals surface area contributed by atoms with E-state index < -0.39 is 0 Å². The van der Waals surface area contributed by atoms with E-state index in [2.05, 4.69) is 151 Å². The van der Waals surface area contributed by atoms with Crippen molar-refractivity contribution in [1.29, 1.82) is 0 Å². The summed E-state index contributed by atoms with van der Waals surface area (Å²) in [7, 11) is 0. The zero-order valence-electron chi connectivity index (χ0n) is 30.7. The van der Waals surface area contributed by atoms with Crippen LogP contribution in [0.25, 0.3) is 95.0 Å². The highest BCUT2D eigenvalue weighted by Crippen LogP contribution is 2.33. The van der Waals surface area contributed by atoms with Crippen LogP contribution in [-0.2, 0) is 0 Å². The average molecular weight is 718 g/mol. The summed E-state index contributed by atoms with van der Waals surface area (Å²) in [5.41, 5.74) is 14.2. The van der Waals surface area contributed by atoms with Crippen LogP contribution in [0, 0.1) is 6.92 Å². The van der Waals surface area contributed by atoms with Crippen molar-refractivity contribution in [3.8, 4) is 73.2 Å². The van der Waals surface area contributed by atoms with Crippen molar-refractivity contribution < 1.29 is 0 Å². The van der Waals surface area contributed by atoms with Gasteiger partial charge in [0.05, 0.1) is 11.0 Å². The summed E-state index contributed by atoms with van der Waals surface area (Å²) in [6, 6.07) is 65.9. The first-order valence-corrected chi connectivity index (χ1v) is 18.8. The van der Waals surface area contributed by atoms with Gasteiger partial charge >= 0.3 is 0 Å². The van der Waals surface area contributed by atoms with Gasteiger partial charge in [-0.05, 0) is 87.5 Å². The van der Waals surface area contributed by atoms with Gasteiger partial charge in [0.2, 0.25) is 0 Å². The maximum absolute atomic E-state index is 4.93. The van der Waals surface area contributed by atoms with E-state index >= 15 is 0 Å². The highest BCUT2D eigenvalue weighted by atomic mass is 15.0. The van der Waals surface area contributed by atoms with Gasteiger partial charge in [-0.25, -0.2) is 19.9 Å². The van der Waals surface area contributed by atoms with Crippen LogP contribution >= 0.6 is 0 Å². The third-order valence-electron chi connectivity index (χ3n) is 10.4. The lowest BCUT2D eigenvalue weighted by molar-refractivity contribution is 1.07. The standard InChI is InChI=1S/C51H35N5/c1-34-12-14-40(15-13-34)50-53-49(39-8-4-2-5-9-39)54-51(55-50)41-24-20-36(21-25-41)43-27-23-38-22-26-42(30-45(38)31-43)35-16-18-37(19-17-35)44-28-29-48-47(32-44)52-33-56(48)46-10-6-3-7-11-46/h2-33H,1H3. The molecule has 0 atom stereocenters. The van der Waals surface area contributed by atoms with Crippen LogP contribution < -0.4 is 0 Å². The Morgan fingerprint density at radius 3 is 1.34 bits per heavy atom. The van der Waals surface area contributed by atoms with Crippen LogP contribution in [-0.4, -0.2) is 24.5 Å². The SMILES string of the molecule is Cc1ccc(-c2nc(-c3ccccc3)nc(-c3ccc(-c4ccc5ccc(-c6ccc(-c7ccc8c(c7)ncn8-c7ccccc7)cc6)cc5c4)cc3)n2)cc1. The molecule has 10 rings (SSSR count). The van der Waals surface area contributed by atoms with Gasteiger partial charge in [0.15, 0.2) is 17.5 Å². The topological polar surface area (TPSA) is 56.5 Å². The fourth-order valence-electron chi connectivity index (χ4n) is 7.31. The van der Waals surface area contributed by atoms with Crippen LogP contribution in [0.5, 0.6) is 0 Å². The van der Waals surface area contributed by atoms with Gasteiger partial charge in [-0.1, -0.05) is 157 Å². The highest BCUT2D eigenvalue weighted by Gasteiger charge is 2.13. The van der Waals surface area contributed by atoms with Gasteiger partial charge in [0.1, 0.15) is 6.33 Å². The number of aryl methyl sites for hydroxylation is 1. The molecule has 0 fully saturated rings. The molecule has 0 aliphatic rings. The lowest BCUT2D eigenvalue weighted by atomic mass is 9.96. The summed E-state index contributed by atoms with van der Waals surface area (Å²) in [6.07, 6.45) is 1.90. The van der Waals surface area contributed by atoms with Gasteiger partial charge in [-0.2, -0.15) is 0 Å². The predicted octanol–water partition coefficient (Wildman–Crippen LogP) is 12.7. The maximum atomic E-state index is 4.93. The molecule has 2 heterocycles. The van der Waals surface area contributed by atoms with Crippen LogP contribution in [0.1, 0.15) is 5.56 Å². The molecule has 0 aliphatic carbocycles. The number of hydrogen-bond donors (Lipinski definition) is 0. The Kier molecular flexibility index (Phi) is 8.30. The highest BCUT2D eigenvalue weighted by molar-refractivity contribution is 5.91. The smallest absolute Gasteiger partial charge is 0.164 e. The second kappa shape index (κ2) is 14.0. The van der Waals surface area contributed by atoms with Gasteiger partial charge in [0.25, 0.3) is 0 Å². The molecule has 2 aromatic heterocycles. The number of aromatic nitrogens is 5. The predicted molar refractivity (Wildman–Crippen MR) is 229 cm³/mol. The monoisotopic (exact) mass is 717 g/mol. The molecule has 0 N–H and O–H groups in total. The number of rotatable bonds is 7. The fourth-order valence-corrected chi connectivity index (χ4v) is 7.31. The molecule has 0 saturated carbocycles. The van der Waals surface area contributed by atoms with Crippen LogP contribution in [0.3, 0.4) is 0 Å². The quantitative estimate of drug-likeness (QED) is 0.165. The number of nitrogens with zero attached hydrogens (tertiary/aromatic N) is 5. The number of benzene rings is 8. The molecule has 0 bridgehead atoms. The minimum absolute atomic E-state index is 0.648. The maximum Gasteiger partial charge on any atom is 0.164 e. The third kappa shape index (κ3) is 6.42. The summed E-state index contributed by atoms with van der Waals surface area (Å²) in [6.45, 7) is 2.08. The van der Waals surface area contributed by atoms with Crippen LogP contribution in [0.4, 0.5) is 0 Å². The van der Waals surface area contributed by atoms with E-state index in [1.54, 1.807) is 0 Å². The van der Waals surface area contributed by atoms with Crippen molar-refractivity contribution in [2.75, 3.05) is 0 Å². The molecule has 5 heteroatoms. The Hall–Kier alpha value is -7.50. The van der Waals surface area contributed by atoms with Crippen LogP contribution in [0.2, 0.25) is 0 Å². The van der Waals surface area contributed by atoms with Crippen LogP contribution in [0.15, 0.2) is 194 Å². The minimum Gasteiger partial charge on any atom is -0.299 e. The zero-order chi connectivity index (χ0) is 37.4. The Balaban J connectivity index is 0.918. The number of hydrogen-bond acceptors (Lipinski definition) is 4. The van der Waals surface area contributed by atoms with E-state index in [4.69, 9.17) is 19.9 Å². The van der Waals surface area contributed by atoms with E-state index in [9.17, 15) is 0 Å². The molecule has 10 aromatic rings. The molecule has 0 radical (unpaired) electrons. The van der Waals surface area contributed by atoms with E-state index in [1.807, 2.05) is 54.9 Å². The molecule has 0 spiro atoms. The summed E-state index contributed by atoms with van der Waals surface area (Å²) in [4.78, 5) is 19.4. The molecular formula is C51H35N5. The molecule has 0 amide bonds. The van der Waals surface area contributed by atoms with Crippen molar-refractivity contribution in [2.45, 2.75) is 6.92 Å². The largest absolute Gasteiger partial charge is 0.299 e. The molecule has 0 aliphatic heterocycles. The lowest BCUT2D eigenvalue weighted by Gasteiger charge is -2.10. The lowest BCUT2D eigenvalue weighted by Crippen LogP contribution is -2.00. The molecule has 8 aromatic carbocycles. The van der Waals surface area contributed by atoms with E-state index in [0.29, 0.717) is 17.5 Å². The third-order valence-corrected chi connectivity index (χ3v) is 10.4. The first kappa shape index (κ1) is 33.1. The van der Waals surface area contributed by atoms with Crippen molar-refractivity contribution in [1.82, 2.24) is 24.5 Å². The number of para-hydroxylation sites is 1. The summed E-state index contributed by atoms with van der Waals surface area (Å²) < 4.78 is 2.13. The van der Waals surface area contributed by atoms with E-state index in [0.717, 1.165) is 55.7 Å². The molecule has 0 unspecified atom stereocenters. The summed E-state index contributed by atoms with van der Waals surface area (Å²) >= 11 is 0. The normalized spacial score (nSPS) is 11.3. The Labute approximate surface area is 325 Å². The average Bonchev–Trinajstić information content (AvgIpc) is 3.70. The first-order chi connectivity index (χ1) is 27.6. The van der Waals surface area contributed by atoms with Crippen molar-refractivity contribution in [3.63, 3.8) is 0 Å². The van der Waals surface area contributed by atoms with Crippen molar-refractivity contribution >= 4 is 21.8 Å². The first-order valence-electron chi connectivity index (χ1n) is 18.8. The van der Waals surface area contributed by atoms with E-state index in [1.165, 1.54) is 27.5 Å². The molecule has 5 nitrogen and oxygen atoms in total. The molecule has 264 valence electrons. The molecular weight excluding hydrogens is 683 g/mol. The minimum atomic E-state index is 0.648. The zero-order valence-corrected chi connectivity index (χ0v) is 30.7. The van der Waals surface area contributed by atoms with Gasteiger partial charge < -0.3 is 0 Å². The second-order valence-electron chi connectivity index (χ2n) is 14.1. The van der Waals surface area contributed by atoms with Gasteiger partial charge in [0, 0.05) is 22.4 Å². The number of imidazole rings is 1. The second-order valence-corrected chi connectivity index (χ2v) is 14.1. The molecule has 0 saturated heterocycles. The van der Waals surface area contributed by atoms with Gasteiger partial charge in [-0.3, -0.25) is 4.57 Å². The Morgan fingerprint density at radius 2 is 0.786 bits per heavy atom. The number of fused-ring (bicyclic) bond motifs is 2. The summed E-state index contributed by atoms with van der Waals surface area (Å²) in [5.74, 6) is 1.96. The Morgan fingerprint density at radius 1 is 0.357 bits per heavy atom. The fraction of sp³-hybridized carbons (Fsp3) is 0.0196. The van der Waals surface area contributed by atoms with Gasteiger partial charge in [-0.15, -0.1) is 0 Å². The van der Waals surface area contributed by atoms with Crippen molar-refractivity contribution in [3.05, 3.63) is 200 Å². The van der Waals surface area contributed by atoms with Crippen molar-refractivity contribution in [2.24, 2.45) is 0 Å². The Bertz CT molecular complexity index is 2990. The molecule has 56 heavy (non-hydrogen) atoms. The summed E-state index contributed by atoms with van der Waals surface area (Å²) in [5, 5.41) is 2.40. The van der Waals surface area contributed by atoms with E-state index in [-0.39, 0.29) is 0 Å².